The highest BCUT2D eigenvalue weighted by atomic mass is 32.2. The minimum Gasteiger partial charge on any atom is -0.497 e. The second-order valence-corrected chi connectivity index (χ2v) is 11.6. The molecule has 0 aliphatic carbocycles. The van der Waals surface area contributed by atoms with Gasteiger partial charge in [0.15, 0.2) is 0 Å². The van der Waals surface area contributed by atoms with Gasteiger partial charge in [0.05, 0.1) is 18.3 Å². The maximum absolute atomic E-state index is 13.1. The van der Waals surface area contributed by atoms with E-state index in [1.807, 2.05) is 0 Å². The van der Waals surface area contributed by atoms with Gasteiger partial charge in [0.1, 0.15) is 11.8 Å². The molecule has 0 unspecified atom stereocenters. The van der Waals surface area contributed by atoms with Crippen molar-refractivity contribution in [1.82, 2.24) is 13.9 Å². The number of sulfonamides is 2. The Hall–Kier alpha value is -1.69. The van der Waals surface area contributed by atoms with Gasteiger partial charge >= 0.3 is 0 Å². The van der Waals surface area contributed by atoms with E-state index in [4.69, 9.17) is 4.74 Å². The van der Waals surface area contributed by atoms with Crippen LogP contribution < -0.4 is 9.46 Å². The number of methoxy groups -OCH3 is 1. The molecule has 0 radical (unpaired) electrons. The highest BCUT2D eigenvalue weighted by Crippen LogP contribution is 2.21. The number of amides is 1. The highest BCUT2D eigenvalue weighted by molar-refractivity contribution is 7.89. The molecule has 170 valence electrons. The van der Waals surface area contributed by atoms with Crippen LogP contribution in [0.25, 0.3) is 0 Å². The second-order valence-electron chi connectivity index (χ2n) is 7.85. The van der Waals surface area contributed by atoms with Crippen molar-refractivity contribution < 1.29 is 26.4 Å². The van der Waals surface area contributed by atoms with Gasteiger partial charge in [-0.3, -0.25) is 4.79 Å². The number of ether oxygens (including phenoxy) is 1. The largest absolute Gasteiger partial charge is 0.497 e. The summed E-state index contributed by atoms with van der Waals surface area (Å²) in [6.07, 6.45) is 2.17. The Morgan fingerprint density at radius 2 is 1.67 bits per heavy atom. The Kier molecular flexibility index (Phi) is 7.89. The van der Waals surface area contributed by atoms with Crippen molar-refractivity contribution in [2.75, 3.05) is 33.5 Å². The molecule has 1 aromatic carbocycles. The van der Waals surface area contributed by atoms with Gasteiger partial charge in [-0.25, -0.2) is 21.1 Å². The number of nitrogens with zero attached hydrogens (tertiary/aromatic N) is 2. The Balaban J connectivity index is 2.10. The number of carbonyl (C=O) groups is 1. The maximum atomic E-state index is 13.1. The first kappa shape index (κ1) is 24.6. The molecule has 1 fully saturated rings. The maximum Gasteiger partial charge on any atom is 0.241 e. The third kappa shape index (κ3) is 5.93. The van der Waals surface area contributed by atoms with E-state index in [1.165, 1.54) is 30.6 Å². The van der Waals surface area contributed by atoms with E-state index in [-0.39, 0.29) is 22.8 Å². The summed E-state index contributed by atoms with van der Waals surface area (Å²) >= 11 is 0. The predicted molar refractivity (Wildman–Crippen MR) is 114 cm³/mol. The summed E-state index contributed by atoms with van der Waals surface area (Å²) in [6, 6.07) is 4.86. The van der Waals surface area contributed by atoms with Gasteiger partial charge in [0.2, 0.25) is 26.0 Å². The molecule has 1 N–H and O–H groups in total. The Morgan fingerprint density at radius 3 is 2.10 bits per heavy atom. The first-order chi connectivity index (χ1) is 13.9. The molecule has 1 aliphatic rings. The molecule has 11 heteroatoms. The summed E-state index contributed by atoms with van der Waals surface area (Å²) < 4.78 is 58.0. The van der Waals surface area contributed by atoms with Crippen LogP contribution in [-0.4, -0.2) is 77.5 Å². The van der Waals surface area contributed by atoms with Crippen LogP contribution in [0.4, 0.5) is 0 Å². The molecule has 1 atom stereocenters. The summed E-state index contributed by atoms with van der Waals surface area (Å²) in [4.78, 5) is 14.7. The molecule has 2 rings (SSSR count). The van der Waals surface area contributed by atoms with Gasteiger partial charge in [-0.05, 0) is 43.0 Å². The molecule has 1 saturated heterocycles. The quantitative estimate of drug-likeness (QED) is 0.615. The zero-order valence-electron chi connectivity index (χ0n) is 18.0. The van der Waals surface area contributed by atoms with Crippen molar-refractivity contribution in [3.63, 3.8) is 0 Å². The van der Waals surface area contributed by atoms with Gasteiger partial charge in [-0.15, -0.1) is 0 Å². The average Bonchev–Trinajstić information content (AvgIpc) is 2.70. The summed E-state index contributed by atoms with van der Waals surface area (Å²) in [5.74, 6) is -0.0307. The van der Waals surface area contributed by atoms with Gasteiger partial charge in [-0.2, -0.15) is 4.72 Å². The lowest BCUT2D eigenvalue weighted by atomic mass is 10.0. The second kappa shape index (κ2) is 9.63. The van der Waals surface area contributed by atoms with Crippen molar-refractivity contribution in [2.24, 2.45) is 5.92 Å². The summed E-state index contributed by atoms with van der Waals surface area (Å²) in [5.41, 5.74) is 0. The van der Waals surface area contributed by atoms with Crippen molar-refractivity contribution >= 4 is 26.0 Å². The number of hydrogen-bond acceptors (Lipinski definition) is 6. The minimum atomic E-state index is -3.90. The lowest BCUT2D eigenvalue weighted by Gasteiger charge is -2.37. The topological polar surface area (TPSA) is 113 Å². The fourth-order valence-electron chi connectivity index (χ4n) is 3.38. The number of piperidine rings is 1. The minimum absolute atomic E-state index is 0.0511. The first-order valence-corrected chi connectivity index (χ1v) is 13.1. The predicted octanol–water partition coefficient (Wildman–Crippen LogP) is 0.881. The first-order valence-electron chi connectivity index (χ1n) is 9.75. The van der Waals surface area contributed by atoms with Crippen LogP contribution in [0.5, 0.6) is 5.75 Å². The number of carbonyl (C=O) groups excluding carboxylic acids is 1. The van der Waals surface area contributed by atoms with Crippen LogP contribution >= 0.6 is 0 Å². The molecule has 0 bridgehead atoms. The van der Waals surface area contributed by atoms with Crippen molar-refractivity contribution in [1.29, 1.82) is 0 Å². The SMILES string of the molecule is COc1ccc(S(=O)(=O)N[C@H](C(=O)N2CCC(N(C)S(C)(=O)=O)CC2)C(C)C)cc1. The molecular formula is C19H31N3O6S2. The molecule has 1 amide bonds. The fourth-order valence-corrected chi connectivity index (χ4v) is 5.47. The molecule has 30 heavy (non-hydrogen) atoms. The standard InChI is InChI=1S/C19H31N3O6S2/c1-14(2)18(20-30(26,27)17-8-6-16(28-4)7-9-17)19(23)22-12-10-15(11-13-22)21(3)29(5,24)25/h6-9,14-15,18,20H,10-13H2,1-5H3/t18-/m0/s1. The molecule has 9 nitrogen and oxygen atoms in total. The van der Waals surface area contributed by atoms with Crippen LogP contribution in [0.2, 0.25) is 0 Å². The molecule has 1 heterocycles. The van der Waals surface area contributed by atoms with E-state index >= 15 is 0 Å². The van der Waals surface area contributed by atoms with Crippen molar-refractivity contribution in [2.45, 2.75) is 43.7 Å². The van der Waals surface area contributed by atoms with E-state index in [2.05, 4.69) is 4.72 Å². The Bertz CT molecular complexity index is 937. The smallest absolute Gasteiger partial charge is 0.241 e. The van der Waals surface area contributed by atoms with Crippen LogP contribution in [0, 0.1) is 5.92 Å². The Labute approximate surface area is 179 Å². The van der Waals surface area contributed by atoms with E-state index in [9.17, 15) is 21.6 Å². The van der Waals surface area contributed by atoms with E-state index in [0.717, 1.165) is 6.26 Å². The third-order valence-corrected chi connectivity index (χ3v) is 8.20. The van der Waals surface area contributed by atoms with E-state index in [0.29, 0.717) is 31.7 Å². The van der Waals surface area contributed by atoms with Crippen LogP contribution in [-0.2, 0) is 24.8 Å². The number of benzene rings is 1. The summed E-state index contributed by atoms with van der Waals surface area (Å²) in [5, 5.41) is 0. The van der Waals surface area contributed by atoms with E-state index in [1.54, 1.807) is 30.9 Å². The average molecular weight is 462 g/mol. The lowest BCUT2D eigenvalue weighted by Crippen LogP contribution is -2.54. The number of rotatable bonds is 8. The van der Waals surface area contributed by atoms with Crippen molar-refractivity contribution in [3.8, 4) is 5.75 Å². The highest BCUT2D eigenvalue weighted by Gasteiger charge is 2.35. The van der Waals surface area contributed by atoms with Gasteiger partial charge in [-0.1, -0.05) is 13.8 Å². The molecule has 1 aromatic rings. The molecule has 0 aromatic heterocycles. The van der Waals surface area contributed by atoms with Gasteiger partial charge in [0, 0.05) is 26.2 Å². The van der Waals surface area contributed by atoms with Crippen LogP contribution in [0.15, 0.2) is 29.2 Å². The third-order valence-electron chi connectivity index (χ3n) is 5.40. The van der Waals surface area contributed by atoms with Gasteiger partial charge < -0.3 is 9.64 Å². The molecule has 0 spiro atoms. The number of nitrogens with one attached hydrogen (secondary N) is 1. The van der Waals surface area contributed by atoms with Gasteiger partial charge in [0.25, 0.3) is 0 Å². The molecule has 1 aliphatic heterocycles. The summed E-state index contributed by atoms with van der Waals surface area (Å²) in [6.45, 7) is 4.31. The van der Waals surface area contributed by atoms with Crippen LogP contribution in [0.3, 0.4) is 0 Å². The van der Waals surface area contributed by atoms with Crippen molar-refractivity contribution in [3.05, 3.63) is 24.3 Å². The monoisotopic (exact) mass is 461 g/mol. The Morgan fingerprint density at radius 1 is 1.13 bits per heavy atom. The lowest BCUT2D eigenvalue weighted by molar-refractivity contribution is -0.135. The zero-order chi connectivity index (χ0) is 22.7. The van der Waals surface area contributed by atoms with Crippen LogP contribution in [0.1, 0.15) is 26.7 Å². The molecule has 0 saturated carbocycles. The molecular weight excluding hydrogens is 430 g/mol. The summed E-state index contributed by atoms with van der Waals surface area (Å²) in [7, 11) is -4.17. The normalized spacial score (nSPS) is 17.4. The zero-order valence-corrected chi connectivity index (χ0v) is 19.7. The fraction of sp³-hybridized carbons (Fsp3) is 0.632. The van der Waals surface area contributed by atoms with E-state index < -0.39 is 26.1 Å². The number of likely N-dealkylation sites (tertiary alicyclic amines) is 1. The number of hydrogen-bond donors (Lipinski definition) is 1.